The number of anilines is 1. The average Bonchev–Trinajstić information content (AvgIpc) is 2.72. The average molecular weight is 343 g/mol. The zero-order valence-electron chi connectivity index (χ0n) is 12.5. The van der Waals surface area contributed by atoms with Gasteiger partial charge in [0.05, 0.1) is 17.9 Å². The van der Waals surface area contributed by atoms with Gasteiger partial charge in [-0.05, 0) is 24.3 Å². The summed E-state index contributed by atoms with van der Waals surface area (Å²) in [7, 11) is 0. The van der Waals surface area contributed by atoms with E-state index in [-0.39, 0.29) is 24.8 Å². The fraction of sp³-hybridized carbons (Fsp3) is 0.118. The highest BCUT2D eigenvalue weighted by Crippen LogP contribution is 2.30. The van der Waals surface area contributed by atoms with Crippen molar-refractivity contribution in [3.05, 3.63) is 64.4 Å². The number of hydrogen-bond acceptors (Lipinski definition) is 4. The van der Waals surface area contributed by atoms with Crippen LogP contribution < -0.4 is 10.3 Å². The maximum Gasteiger partial charge on any atom is 0.260 e. The summed E-state index contributed by atoms with van der Waals surface area (Å²) in [6, 6.07) is 11.7. The van der Waals surface area contributed by atoms with Gasteiger partial charge in [0.1, 0.15) is 12.4 Å². The van der Waals surface area contributed by atoms with Crippen molar-refractivity contribution in [1.82, 2.24) is 5.43 Å². The molecule has 0 spiro atoms. The number of amidine groups is 1. The lowest BCUT2D eigenvalue weighted by atomic mass is 10.00. The third-order valence-electron chi connectivity index (χ3n) is 3.94. The predicted molar refractivity (Wildman–Crippen MR) is 91.3 cm³/mol. The van der Waals surface area contributed by atoms with Crippen molar-refractivity contribution in [2.24, 2.45) is 10.1 Å². The van der Waals surface area contributed by atoms with E-state index in [0.29, 0.717) is 33.4 Å². The summed E-state index contributed by atoms with van der Waals surface area (Å²) in [5.41, 5.74) is 5.02. The normalized spacial score (nSPS) is 16.4. The number of aliphatic imine (C=N–C) groups is 1. The van der Waals surface area contributed by atoms with E-state index in [9.17, 15) is 9.18 Å². The van der Waals surface area contributed by atoms with Crippen LogP contribution in [0.1, 0.15) is 11.1 Å². The Morgan fingerprint density at radius 1 is 1.17 bits per heavy atom. The first-order chi connectivity index (χ1) is 11.6. The third-order valence-corrected chi connectivity index (χ3v) is 4.26. The number of rotatable bonds is 1. The number of hydrogen-bond donors (Lipinski definition) is 1. The van der Waals surface area contributed by atoms with Gasteiger partial charge < -0.3 is 4.90 Å². The molecule has 2 aromatic carbocycles. The molecule has 0 saturated heterocycles. The van der Waals surface area contributed by atoms with Crippen LogP contribution in [0, 0.1) is 5.82 Å². The number of nitrogens with zero attached hydrogens (tertiary/aromatic N) is 3. The van der Waals surface area contributed by atoms with Crippen molar-refractivity contribution in [3.8, 4) is 0 Å². The molecule has 0 aliphatic carbocycles. The van der Waals surface area contributed by atoms with E-state index in [1.54, 1.807) is 17.0 Å². The molecule has 2 heterocycles. The van der Waals surface area contributed by atoms with Crippen LogP contribution in [-0.4, -0.2) is 30.5 Å². The summed E-state index contributed by atoms with van der Waals surface area (Å²) >= 11 is 6.31. The van der Waals surface area contributed by atoms with E-state index in [1.165, 1.54) is 12.1 Å². The van der Waals surface area contributed by atoms with Crippen molar-refractivity contribution in [2.75, 3.05) is 18.0 Å². The highest BCUT2D eigenvalue weighted by Gasteiger charge is 2.29. The molecule has 1 amide bonds. The van der Waals surface area contributed by atoms with Gasteiger partial charge in [-0.2, -0.15) is 5.10 Å². The Hall–Kier alpha value is -2.73. The second kappa shape index (κ2) is 5.72. The van der Waals surface area contributed by atoms with Gasteiger partial charge in [0, 0.05) is 16.1 Å². The topological polar surface area (TPSA) is 57.1 Å². The Morgan fingerprint density at radius 3 is 2.83 bits per heavy atom. The van der Waals surface area contributed by atoms with E-state index in [4.69, 9.17) is 11.6 Å². The number of nitrogens with one attached hydrogen (secondary N) is 1. The Balaban J connectivity index is 1.95. The predicted octanol–water partition coefficient (Wildman–Crippen LogP) is 2.58. The molecule has 2 aliphatic heterocycles. The zero-order valence-corrected chi connectivity index (χ0v) is 13.2. The van der Waals surface area contributed by atoms with Crippen molar-refractivity contribution in [2.45, 2.75) is 0 Å². The molecule has 0 atom stereocenters. The first kappa shape index (κ1) is 14.8. The maximum atomic E-state index is 13.9. The van der Waals surface area contributed by atoms with Crippen molar-refractivity contribution in [1.29, 1.82) is 0 Å². The molecule has 7 heteroatoms. The van der Waals surface area contributed by atoms with E-state index in [0.717, 1.165) is 0 Å². The highest BCUT2D eigenvalue weighted by atomic mass is 35.5. The van der Waals surface area contributed by atoms with Gasteiger partial charge in [0.15, 0.2) is 5.84 Å². The standard InChI is InChI=1S/C17H12ClFN4O/c18-13-4-2-1-3-11(13)17-12-7-10(19)5-6-14(12)23-9-16(24)22-21-15(23)8-20-17/h1-7H,8-9H2,(H,22,24). The van der Waals surface area contributed by atoms with E-state index in [2.05, 4.69) is 15.5 Å². The maximum absolute atomic E-state index is 13.9. The molecule has 0 radical (unpaired) electrons. The first-order valence-corrected chi connectivity index (χ1v) is 7.73. The number of hydrazone groups is 1. The van der Waals surface area contributed by atoms with Crippen LogP contribution >= 0.6 is 11.6 Å². The highest BCUT2D eigenvalue weighted by molar-refractivity contribution is 6.36. The number of fused-ring (bicyclic) bond motifs is 3. The lowest BCUT2D eigenvalue weighted by molar-refractivity contribution is -0.119. The zero-order chi connectivity index (χ0) is 16.7. The van der Waals surface area contributed by atoms with E-state index in [1.807, 2.05) is 18.2 Å². The van der Waals surface area contributed by atoms with Crippen LogP contribution in [0.5, 0.6) is 0 Å². The quantitative estimate of drug-likeness (QED) is 0.866. The third kappa shape index (κ3) is 2.45. The minimum absolute atomic E-state index is 0.114. The van der Waals surface area contributed by atoms with Crippen molar-refractivity contribution >= 4 is 34.7 Å². The summed E-state index contributed by atoms with van der Waals surface area (Å²) in [4.78, 5) is 18.1. The van der Waals surface area contributed by atoms with Gasteiger partial charge in [-0.25, -0.2) is 9.82 Å². The summed E-state index contributed by atoms with van der Waals surface area (Å²) in [6.07, 6.45) is 0. The van der Waals surface area contributed by atoms with Gasteiger partial charge in [-0.15, -0.1) is 0 Å². The molecule has 4 rings (SSSR count). The molecular weight excluding hydrogens is 331 g/mol. The molecule has 0 bridgehead atoms. The summed E-state index contributed by atoms with van der Waals surface area (Å²) in [5, 5.41) is 4.60. The van der Waals surface area contributed by atoms with E-state index >= 15 is 0 Å². The smallest absolute Gasteiger partial charge is 0.260 e. The van der Waals surface area contributed by atoms with Crippen LogP contribution in [0.2, 0.25) is 5.02 Å². The fourth-order valence-corrected chi connectivity index (χ4v) is 3.08. The second-order valence-electron chi connectivity index (χ2n) is 5.46. The number of halogens is 2. The Morgan fingerprint density at radius 2 is 2.00 bits per heavy atom. The number of benzene rings is 2. The lowest BCUT2D eigenvalue weighted by Gasteiger charge is -2.27. The van der Waals surface area contributed by atoms with Crippen LogP contribution in [0.4, 0.5) is 10.1 Å². The molecule has 1 N–H and O–H groups in total. The van der Waals surface area contributed by atoms with Gasteiger partial charge in [-0.1, -0.05) is 29.8 Å². The van der Waals surface area contributed by atoms with Crippen LogP contribution in [0.25, 0.3) is 0 Å². The fourth-order valence-electron chi connectivity index (χ4n) is 2.85. The molecule has 2 aliphatic rings. The Bertz CT molecular complexity index is 909. The molecule has 0 unspecified atom stereocenters. The van der Waals surface area contributed by atoms with Gasteiger partial charge >= 0.3 is 0 Å². The molecule has 5 nitrogen and oxygen atoms in total. The largest absolute Gasteiger partial charge is 0.317 e. The number of amides is 1. The monoisotopic (exact) mass is 342 g/mol. The SMILES string of the molecule is O=C1CN2C(=NN1)CN=C(c1ccccc1Cl)c1cc(F)ccc12. The van der Waals surface area contributed by atoms with Crippen LogP contribution in [0.15, 0.2) is 52.6 Å². The molecular formula is C17H12ClFN4O. The Labute approximate surface area is 142 Å². The van der Waals surface area contributed by atoms with Crippen LogP contribution in [0.3, 0.4) is 0 Å². The molecule has 120 valence electrons. The molecule has 0 fully saturated rings. The summed E-state index contributed by atoms with van der Waals surface area (Å²) < 4.78 is 13.9. The minimum Gasteiger partial charge on any atom is -0.317 e. The summed E-state index contributed by atoms with van der Waals surface area (Å²) in [5.74, 6) is -0.00455. The second-order valence-corrected chi connectivity index (χ2v) is 5.86. The summed E-state index contributed by atoms with van der Waals surface area (Å²) in [6.45, 7) is 0.375. The van der Waals surface area contributed by atoms with Crippen molar-refractivity contribution in [3.63, 3.8) is 0 Å². The number of carbonyl (C=O) groups is 1. The van der Waals surface area contributed by atoms with Gasteiger partial charge in [0.2, 0.25) is 0 Å². The minimum atomic E-state index is -0.379. The van der Waals surface area contributed by atoms with Crippen molar-refractivity contribution < 1.29 is 9.18 Å². The van der Waals surface area contributed by atoms with E-state index < -0.39 is 0 Å². The molecule has 0 aromatic heterocycles. The first-order valence-electron chi connectivity index (χ1n) is 7.36. The molecule has 2 aromatic rings. The van der Waals surface area contributed by atoms with Gasteiger partial charge in [-0.3, -0.25) is 9.79 Å². The molecule has 0 saturated carbocycles. The number of carbonyl (C=O) groups excluding carboxylic acids is 1. The lowest BCUT2D eigenvalue weighted by Crippen LogP contribution is -2.46. The van der Waals surface area contributed by atoms with Gasteiger partial charge in [0.25, 0.3) is 5.91 Å². The Kier molecular flexibility index (Phi) is 3.54. The van der Waals surface area contributed by atoms with Crippen LogP contribution in [-0.2, 0) is 4.79 Å². The molecule has 24 heavy (non-hydrogen) atoms.